The number of rotatable bonds is 6. The topological polar surface area (TPSA) is 49.6 Å². The molecule has 0 bridgehead atoms. The Hall–Kier alpha value is -1.07. The van der Waals surface area contributed by atoms with E-state index in [0.29, 0.717) is 13.1 Å². The first-order chi connectivity index (χ1) is 9.03. The van der Waals surface area contributed by atoms with Crippen LogP contribution in [0.4, 0.5) is 5.69 Å². The molecule has 1 amide bonds. The van der Waals surface area contributed by atoms with Crippen LogP contribution < -0.4 is 10.6 Å². The number of halogens is 1. The number of hydrogen-bond acceptors (Lipinski definition) is 3. The van der Waals surface area contributed by atoms with Crippen molar-refractivity contribution in [2.24, 2.45) is 5.73 Å². The second-order valence-electron chi connectivity index (χ2n) is 4.41. The molecule has 0 radical (unpaired) electrons. The Morgan fingerprint density at radius 2 is 1.95 bits per heavy atom. The standard InChI is InChI=1S/C14H22BrN3O/c1-4-18(5-2)14(19)10-17(3)13-7-6-11(9-16)8-12(13)15/h6-8H,4-5,9-10,16H2,1-3H3. The Balaban J connectivity index is 2.78. The molecule has 106 valence electrons. The van der Waals surface area contributed by atoms with E-state index in [0.717, 1.165) is 28.8 Å². The van der Waals surface area contributed by atoms with E-state index in [9.17, 15) is 4.79 Å². The highest BCUT2D eigenvalue weighted by molar-refractivity contribution is 9.10. The highest BCUT2D eigenvalue weighted by Crippen LogP contribution is 2.26. The van der Waals surface area contributed by atoms with E-state index in [1.807, 2.05) is 48.9 Å². The monoisotopic (exact) mass is 327 g/mol. The predicted octanol–water partition coefficient (Wildman–Crippen LogP) is 2.21. The van der Waals surface area contributed by atoms with Crippen LogP contribution in [0.15, 0.2) is 22.7 Å². The largest absolute Gasteiger partial charge is 0.364 e. The van der Waals surface area contributed by atoms with E-state index in [1.54, 1.807) is 0 Å². The molecule has 1 aromatic rings. The Morgan fingerprint density at radius 1 is 1.32 bits per heavy atom. The first-order valence-corrected chi connectivity index (χ1v) is 7.30. The van der Waals surface area contributed by atoms with Gasteiger partial charge in [-0.05, 0) is 47.5 Å². The van der Waals surface area contributed by atoms with E-state index in [-0.39, 0.29) is 5.91 Å². The van der Waals surface area contributed by atoms with Gasteiger partial charge in [-0.1, -0.05) is 6.07 Å². The molecule has 0 unspecified atom stereocenters. The molecule has 2 N–H and O–H groups in total. The summed E-state index contributed by atoms with van der Waals surface area (Å²) in [6, 6.07) is 5.97. The molecule has 5 heteroatoms. The van der Waals surface area contributed by atoms with Gasteiger partial charge in [-0.25, -0.2) is 0 Å². The highest BCUT2D eigenvalue weighted by Gasteiger charge is 2.14. The van der Waals surface area contributed by atoms with Crippen LogP contribution in [0.2, 0.25) is 0 Å². The Kier molecular flexibility index (Phi) is 6.31. The molecule has 0 aliphatic rings. The fourth-order valence-electron chi connectivity index (χ4n) is 1.95. The summed E-state index contributed by atoms with van der Waals surface area (Å²) in [5, 5.41) is 0. The van der Waals surface area contributed by atoms with Gasteiger partial charge in [-0.2, -0.15) is 0 Å². The Labute approximate surface area is 123 Å². The van der Waals surface area contributed by atoms with Crippen LogP contribution in [-0.2, 0) is 11.3 Å². The number of nitrogens with zero attached hydrogens (tertiary/aromatic N) is 2. The molecular weight excluding hydrogens is 306 g/mol. The molecular formula is C14H22BrN3O. The predicted molar refractivity (Wildman–Crippen MR) is 83.2 cm³/mol. The van der Waals surface area contributed by atoms with Crippen molar-refractivity contribution in [3.8, 4) is 0 Å². The zero-order valence-electron chi connectivity index (χ0n) is 11.8. The maximum atomic E-state index is 12.1. The molecule has 4 nitrogen and oxygen atoms in total. The zero-order valence-corrected chi connectivity index (χ0v) is 13.4. The smallest absolute Gasteiger partial charge is 0.242 e. The summed E-state index contributed by atoms with van der Waals surface area (Å²) in [4.78, 5) is 15.9. The number of benzene rings is 1. The lowest BCUT2D eigenvalue weighted by Crippen LogP contribution is -2.38. The summed E-state index contributed by atoms with van der Waals surface area (Å²) in [6.07, 6.45) is 0. The normalized spacial score (nSPS) is 10.4. The number of hydrogen-bond donors (Lipinski definition) is 1. The van der Waals surface area contributed by atoms with Gasteiger partial charge in [0.1, 0.15) is 0 Å². The molecule has 0 aliphatic heterocycles. The molecule has 1 aromatic carbocycles. The number of anilines is 1. The number of amides is 1. The van der Waals surface area contributed by atoms with Crippen molar-refractivity contribution in [2.75, 3.05) is 31.6 Å². The number of likely N-dealkylation sites (N-methyl/N-ethyl adjacent to an activating group) is 2. The molecule has 0 atom stereocenters. The van der Waals surface area contributed by atoms with Gasteiger partial charge < -0.3 is 15.5 Å². The Morgan fingerprint density at radius 3 is 2.42 bits per heavy atom. The van der Waals surface area contributed by atoms with Crippen LogP contribution in [0, 0.1) is 0 Å². The average molecular weight is 328 g/mol. The van der Waals surface area contributed by atoms with Gasteiger partial charge in [0.25, 0.3) is 0 Å². The van der Waals surface area contributed by atoms with E-state index in [4.69, 9.17) is 5.73 Å². The average Bonchev–Trinajstić information content (AvgIpc) is 2.39. The van der Waals surface area contributed by atoms with Crippen molar-refractivity contribution in [1.29, 1.82) is 0 Å². The molecule has 0 saturated heterocycles. The highest BCUT2D eigenvalue weighted by atomic mass is 79.9. The minimum absolute atomic E-state index is 0.141. The van der Waals surface area contributed by atoms with E-state index < -0.39 is 0 Å². The van der Waals surface area contributed by atoms with Crippen LogP contribution in [0.5, 0.6) is 0 Å². The lowest BCUT2D eigenvalue weighted by Gasteiger charge is -2.25. The third kappa shape index (κ3) is 4.21. The van der Waals surface area contributed by atoms with Crippen molar-refractivity contribution >= 4 is 27.5 Å². The molecule has 0 saturated carbocycles. The van der Waals surface area contributed by atoms with Gasteiger partial charge in [0.15, 0.2) is 0 Å². The SMILES string of the molecule is CCN(CC)C(=O)CN(C)c1ccc(CN)cc1Br. The van der Waals surface area contributed by atoms with Crippen molar-refractivity contribution in [2.45, 2.75) is 20.4 Å². The zero-order chi connectivity index (χ0) is 14.4. The molecule has 0 heterocycles. The summed E-state index contributed by atoms with van der Waals surface area (Å²) in [7, 11) is 1.92. The molecule has 0 aromatic heterocycles. The minimum atomic E-state index is 0.141. The molecule has 0 fully saturated rings. The van der Waals surface area contributed by atoms with Crippen molar-refractivity contribution in [3.63, 3.8) is 0 Å². The van der Waals surface area contributed by atoms with Gasteiger partial charge in [0.2, 0.25) is 5.91 Å². The summed E-state index contributed by atoms with van der Waals surface area (Å²) in [5.41, 5.74) is 7.67. The van der Waals surface area contributed by atoms with Gasteiger partial charge >= 0.3 is 0 Å². The quantitative estimate of drug-likeness (QED) is 0.871. The minimum Gasteiger partial charge on any atom is -0.364 e. The van der Waals surface area contributed by atoms with Crippen molar-refractivity contribution in [3.05, 3.63) is 28.2 Å². The number of carbonyl (C=O) groups excluding carboxylic acids is 1. The third-order valence-corrected chi connectivity index (χ3v) is 3.78. The second-order valence-corrected chi connectivity index (χ2v) is 5.27. The lowest BCUT2D eigenvalue weighted by molar-refractivity contribution is -0.129. The first kappa shape index (κ1) is 16.0. The fourth-order valence-corrected chi connectivity index (χ4v) is 2.68. The summed E-state index contributed by atoms with van der Waals surface area (Å²) < 4.78 is 0.963. The lowest BCUT2D eigenvalue weighted by atomic mass is 10.2. The molecule has 0 aliphatic carbocycles. The van der Waals surface area contributed by atoms with E-state index in [1.165, 1.54) is 0 Å². The van der Waals surface area contributed by atoms with Crippen LogP contribution in [-0.4, -0.2) is 37.5 Å². The first-order valence-electron chi connectivity index (χ1n) is 6.50. The van der Waals surface area contributed by atoms with Crippen molar-refractivity contribution in [1.82, 2.24) is 4.90 Å². The van der Waals surface area contributed by atoms with Crippen LogP contribution in [0.25, 0.3) is 0 Å². The van der Waals surface area contributed by atoms with Gasteiger partial charge in [-0.15, -0.1) is 0 Å². The summed E-state index contributed by atoms with van der Waals surface area (Å²) in [6.45, 7) is 6.37. The van der Waals surface area contributed by atoms with Gasteiger partial charge in [0, 0.05) is 31.2 Å². The van der Waals surface area contributed by atoms with Crippen LogP contribution in [0.3, 0.4) is 0 Å². The molecule has 19 heavy (non-hydrogen) atoms. The number of carbonyl (C=O) groups is 1. The van der Waals surface area contributed by atoms with E-state index in [2.05, 4.69) is 15.9 Å². The second kappa shape index (κ2) is 7.50. The van der Waals surface area contributed by atoms with Crippen LogP contribution in [0.1, 0.15) is 19.4 Å². The molecule has 0 spiro atoms. The van der Waals surface area contributed by atoms with Gasteiger partial charge in [-0.3, -0.25) is 4.79 Å². The maximum absolute atomic E-state index is 12.1. The van der Waals surface area contributed by atoms with Crippen LogP contribution >= 0.6 is 15.9 Å². The Bertz CT molecular complexity index is 433. The fraction of sp³-hybridized carbons (Fsp3) is 0.500. The number of nitrogens with two attached hydrogens (primary N) is 1. The van der Waals surface area contributed by atoms with Gasteiger partial charge in [0.05, 0.1) is 12.2 Å². The summed E-state index contributed by atoms with van der Waals surface area (Å²) in [5.74, 6) is 0.141. The van der Waals surface area contributed by atoms with Crippen molar-refractivity contribution < 1.29 is 4.79 Å². The molecule has 1 rings (SSSR count). The maximum Gasteiger partial charge on any atom is 0.242 e. The van der Waals surface area contributed by atoms with E-state index >= 15 is 0 Å². The summed E-state index contributed by atoms with van der Waals surface area (Å²) >= 11 is 3.53. The third-order valence-electron chi connectivity index (χ3n) is 3.15.